The Morgan fingerprint density at radius 3 is 2.43 bits per heavy atom. The third-order valence-electron chi connectivity index (χ3n) is 8.16. The van der Waals surface area contributed by atoms with Crippen LogP contribution in [0.1, 0.15) is 60.1 Å². The van der Waals surface area contributed by atoms with Crippen molar-refractivity contribution >= 4 is 23.5 Å². The predicted octanol–water partition coefficient (Wildman–Crippen LogP) is 4.55. The molecule has 1 aromatic heterocycles. The van der Waals surface area contributed by atoms with Gasteiger partial charge in [0.2, 0.25) is 0 Å². The largest absolute Gasteiger partial charge is 0.417 e. The van der Waals surface area contributed by atoms with Gasteiger partial charge in [-0.25, -0.2) is 9.69 Å². The molecule has 3 aromatic rings. The summed E-state index contributed by atoms with van der Waals surface area (Å²) in [4.78, 5) is 44.7. The molecule has 3 atom stereocenters. The van der Waals surface area contributed by atoms with Gasteiger partial charge < -0.3 is 9.80 Å². The Morgan fingerprint density at radius 1 is 1.07 bits per heavy atom. The summed E-state index contributed by atoms with van der Waals surface area (Å²) >= 11 is 0. The molecule has 0 aliphatic carbocycles. The molecule has 0 saturated carbocycles. The van der Waals surface area contributed by atoms with Crippen LogP contribution in [0, 0.1) is 11.3 Å². The van der Waals surface area contributed by atoms with Crippen molar-refractivity contribution in [3.63, 3.8) is 0 Å². The van der Waals surface area contributed by atoms with E-state index in [0.29, 0.717) is 24.7 Å². The van der Waals surface area contributed by atoms with Gasteiger partial charge in [0, 0.05) is 12.0 Å². The Balaban J connectivity index is 1.31. The number of anilines is 1. The molecule has 1 unspecified atom stereocenters. The van der Waals surface area contributed by atoms with Crippen molar-refractivity contribution in [1.82, 2.24) is 19.6 Å². The van der Waals surface area contributed by atoms with E-state index in [9.17, 15) is 27.6 Å². The second-order valence-electron chi connectivity index (χ2n) is 11.9. The summed E-state index contributed by atoms with van der Waals surface area (Å²) in [6.07, 6.45) is -4.46. The molecule has 6 rings (SSSR count). The van der Waals surface area contributed by atoms with E-state index in [-0.39, 0.29) is 23.6 Å². The van der Waals surface area contributed by atoms with E-state index in [1.807, 2.05) is 51.1 Å². The van der Waals surface area contributed by atoms with Crippen molar-refractivity contribution in [2.75, 3.05) is 11.4 Å². The number of aromatic nitrogens is 2. The maximum absolute atomic E-state index is 14.0. The monoisotopic (exact) mass is 576 g/mol. The summed E-state index contributed by atoms with van der Waals surface area (Å²) in [6.45, 7) is 6.54. The van der Waals surface area contributed by atoms with Crippen LogP contribution in [-0.2, 0) is 22.9 Å². The van der Waals surface area contributed by atoms with Crippen LogP contribution in [0.3, 0.4) is 0 Å². The van der Waals surface area contributed by atoms with Crippen molar-refractivity contribution < 1.29 is 27.6 Å². The fraction of sp³-hybridized carbons (Fsp3) is 0.367. The van der Waals surface area contributed by atoms with E-state index in [1.54, 1.807) is 15.6 Å². The molecule has 3 aliphatic heterocycles. The number of fused-ring (bicyclic) bond motifs is 5. The lowest BCUT2D eigenvalue weighted by Crippen LogP contribution is -2.55. The fourth-order valence-corrected chi connectivity index (χ4v) is 6.11. The van der Waals surface area contributed by atoms with Crippen LogP contribution < -0.4 is 4.90 Å². The van der Waals surface area contributed by atoms with Gasteiger partial charge in [-0.15, -0.1) is 0 Å². The minimum Gasteiger partial charge on any atom is -0.330 e. The molecule has 3 fully saturated rings. The lowest BCUT2D eigenvalue weighted by Gasteiger charge is -2.34. The number of rotatable bonds is 4. The normalized spacial score (nSPS) is 21.7. The van der Waals surface area contributed by atoms with Gasteiger partial charge in [-0.05, 0) is 36.2 Å². The number of likely N-dealkylation sites (tertiary alicyclic amines) is 1. The molecule has 2 aromatic carbocycles. The van der Waals surface area contributed by atoms with E-state index < -0.39 is 47.4 Å². The highest BCUT2D eigenvalue weighted by atomic mass is 19.4. The number of hydrogen-bond donors (Lipinski definition) is 0. The molecule has 4 amide bonds. The van der Waals surface area contributed by atoms with E-state index in [4.69, 9.17) is 10.4 Å². The number of urea groups is 1. The number of alkyl halides is 3. The van der Waals surface area contributed by atoms with Crippen LogP contribution in [-0.4, -0.2) is 62.1 Å². The minimum absolute atomic E-state index is 0.190. The van der Waals surface area contributed by atoms with Gasteiger partial charge in [0.15, 0.2) is 0 Å². The molecule has 0 radical (unpaired) electrons. The third kappa shape index (κ3) is 4.31. The van der Waals surface area contributed by atoms with Crippen LogP contribution in [0.2, 0.25) is 0 Å². The first kappa shape index (κ1) is 27.5. The number of halogens is 3. The summed E-state index contributed by atoms with van der Waals surface area (Å²) < 4.78 is 42.5. The number of amides is 4. The van der Waals surface area contributed by atoms with Crippen molar-refractivity contribution in [3.8, 4) is 6.07 Å². The Labute approximate surface area is 239 Å². The Kier molecular flexibility index (Phi) is 6.18. The van der Waals surface area contributed by atoms with Crippen LogP contribution in [0.15, 0.2) is 54.6 Å². The fourth-order valence-electron chi connectivity index (χ4n) is 6.11. The molecule has 3 saturated heterocycles. The Bertz CT molecular complexity index is 1650. The second-order valence-corrected chi connectivity index (χ2v) is 11.9. The number of nitriles is 1. The first-order chi connectivity index (χ1) is 19.8. The van der Waals surface area contributed by atoms with E-state index >= 15 is 0 Å². The first-order valence-electron chi connectivity index (χ1n) is 13.5. The summed E-state index contributed by atoms with van der Waals surface area (Å²) in [7, 11) is 0. The quantitative estimate of drug-likeness (QED) is 0.424. The molecule has 12 heteroatoms. The summed E-state index contributed by atoms with van der Waals surface area (Å²) in [6, 6.07) is 12.8. The molecule has 2 bridgehead atoms. The molecule has 0 N–H and O–H groups in total. The molecule has 4 heterocycles. The lowest BCUT2D eigenvalue weighted by atomic mass is 9.92. The van der Waals surface area contributed by atoms with Crippen molar-refractivity contribution in [3.05, 3.63) is 82.7 Å². The summed E-state index contributed by atoms with van der Waals surface area (Å²) in [5, 5.41) is 13.9. The zero-order valence-electron chi connectivity index (χ0n) is 23.1. The predicted molar refractivity (Wildman–Crippen MR) is 144 cm³/mol. The Morgan fingerprint density at radius 2 is 1.79 bits per heavy atom. The van der Waals surface area contributed by atoms with E-state index in [1.165, 1.54) is 11.0 Å². The standard InChI is InChI=1S/C30H27F3N6O3/c1-29(2,3)24-13-23(37(35-24)15-17-7-5-4-6-8-17)26(40)36-16-20-12-22(36)25-27(41)39(28(42)38(20)25)19-10-9-18(14-34)21(11-19)30(31,32)33/h4-11,13,20,22,25H,12,15-16H2,1-3H3/t20-,22?,25+/m1/s1. The molecule has 42 heavy (non-hydrogen) atoms. The highest BCUT2D eigenvalue weighted by Gasteiger charge is 2.63. The third-order valence-corrected chi connectivity index (χ3v) is 8.16. The van der Waals surface area contributed by atoms with E-state index in [2.05, 4.69) is 0 Å². The molecule has 0 spiro atoms. The average Bonchev–Trinajstić information content (AvgIpc) is 3.70. The minimum atomic E-state index is -4.85. The van der Waals surface area contributed by atoms with Crippen molar-refractivity contribution in [2.45, 2.75) is 63.5 Å². The summed E-state index contributed by atoms with van der Waals surface area (Å²) in [5.74, 6) is -1.02. The van der Waals surface area contributed by atoms with Gasteiger partial charge >= 0.3 is 12.2 Å². The van der Waals surface area contributed by atoms with Gasteiger partial charge in [-0.3, -0.25) is 14.3 Å². The van der Waals surface area contributed by atoms with Crippen LogP contribution in [0.5, 0.6) is 0 Å². The molecule has 3 aliphatic rings. The van der Waals surface area contributed by atoms with Gasteiger partial charge in [-0.2, -0.15) is 23.5 Å². The topological polar surface area (TPSA) is 103 Å². The van der Waals surface area contributed by atoms with Crippen LogP contribution in [0.4, 0.5) is 23.7 Å². The average molecular weight is 577 g/mol. The number of benzene rings is 2. The number of nitrogens with zero attached hydrogens (tertiary/aromatic N) is 6. The maximum atomic E-state index is 14.0. The first-order valence-corrected chi connectivity index (χ1v) is 13.5. The van der Waals surface area contributed by atoms with Gasteiger partial charge in [0.25, 0.3) is 11.8 Å². The lowest BCUT2D eigenvalue weighted by molar-refractivity contribution is -0.137. The van der Waals surface area contributed by atoms with Crippen LogP contribution >= 0.6 is 0 Å². The zero-order valence-corrected chi connectivity index (χ0v) is 23.1. The number of carbonyl (C=O) groups is 3. The second kappa shape index (κ2) is 9.44. The zero-order chi connectivity index (χ0) is 30.1. The van der Waals surface area contributed by atoms with Crippen molar-refractivity contribution in [1.29, 1.82) is 5.26 Å². The number of hydrogen-bond acceptors (Lipinski definition) is 5. The molecular weight excluding hydrogens is 549 g/mol. The van der Waals surface area contributed by atoms with E-state index in [0.717, 1.165) is 28.3 Å². The number of piperazine rings is 1. The van der Waals surface area contributed by atoms with Gasteiger partial charge in [0.1, 0.15) is 11.7 Å². The number of carbonyl (C=O) groups excluding carboxylic acids is 3. The SMILES string of the molecule is CC(C)(C)c1cc(C(=O)N2C[C@H]3CC2[C@H]2C(=O)N(c4ccc(C#N)c(C(F)(F)F)c4)C(=O)N32)n(Cc2ccccc2)n1. The van der Waals surface area contributed by atoms with Gasteiger partial charge in [-0.1, -0.05) is 51.1 Å². The maximum Gasteiger partial charge on any atom is 0.417 e. The van der Waals surface area contributed by atoms with Crippen molar-refractivity contribution in [2.24, 2.45) is 0 Å². The molecule has 9 nitrogen and oxygen atoms in total. The van der Waals surface area contributed by atoms with Gasteiger partial charge in [0.05, 0.1) is 47.2 Å². The number of imide groups is 1. The Hall–Kier alpha value is -4.66. The van der Waals surface area contributed by atoms with Crippen LogP contribution in [0.25, 0.3) is 0 Å². The smallest absolute Gasteiger partial charge is 0.330 e. The molecular formula is C30H27F3N6O3. The highest BCUT2D eigenvalue weighted by Crippen LogP contribution is 2.44. The molecule has 216 valence electrons. The highest BCUT2D eigenvalue weighted by molar-refractivity contribution is 6.22. The summed E-state index contributed by atoms with van der Waals surface area (Å²) in [5.41, 5.74) is -0.384.